The Morgan fingerprint density at radius 3 is 2.39 bits per heavy atom. The summed E-state index contributed by atoms with van der Waals surface area (Å²) in [6.45, 7) is 8.49. The van der Waals surface area contributed by atoms with Gasteiger partial charge in [-0.15, -0.1) is 0 Å². The van der Waals surface area contributed by atoms with Crippen molar-refractivity contribution in [1.29, 1.82) is 0 Å². The normalized spacial score (nSPS) is 15.8. The van der Waals surface area contributed by atoms with Crippen molar-refractivity contribution in [2.24, 2.45) is 0 Å². The standard InChI is InChI=1S/C23H25NO3S/c1-14(2)19-11-18(16(4)10-20(19)27-5)12-21-22(25)24(23(26)28-21)13-17-8-6-15(3)7-9-17/h6-12,14H,13H2,1-5H3/b21-12-. The first-order valence-corrected chi connectivity index (χ1v) is 10.1. The van der Waals surface area contributed by atoms with Gasteiger partial charge in [0.1, 0.15) is 5.75 Å². The molecule has 0 atom stereocenters. The van der Waals surface area contributed by atoms with Crippen LogP contribution in [0.3, 0.4) is 0 Å². The van der Waals surface area contributed by atoms with Gasteiger partial charge in [-0.25, -0.2) is 0 Å². The Morgan fingerprint density at radius 2 is 1.79 bits per heavy atom. The van der Waals surface area contributed by atoms with Gasteiger partial charge < -0.3 is 4.74 Å². The third-order valence-electron chi connectivity index (χ3n) is 4.86. The van der Waals surface area contributed by atoms with E-state index in [9.17, 15) is 9.59 Å². The van der Waals surface area contributed by atoms with Gasteiger partial charge >= 0.3 is 0 Å². The summed E-state index contributed by atoms with van der Waals surface area (Å²) in [7, 11) is 1.66. The molecule has 0 unspecified atom stereocenters. The second kappa shape index (κ2) is 8.23. The van der Waals surface area contributed by atoms with Crippen LogP contribution in [0.15, 0.2) is 41.3 Å². The second-order valence-corrected chi connectivity index (χ2v) is 8.35. The van der Waals surface area contributed by atoms with E-state index in [1.54, 1.807) is 7.11 Å². The van der Waals surface area contributed by atoms with Gasteiger partial charge in [0.15, 0.2) is 0 Å². The van der Waals surface area contributed by atoms with Gasteiger partial charge in [0.05, 0.1) is 18.6 Å². The van der Waals surface area contributed by atoms with E-state index in [1.165, 1.54) is 4.90 Å². The van der Waals surface area contributed by atoms with Gasteiger partial charge in [-0.3, -0.25) is 14.5 Å². The second-order valence-electron chi connectivity index (χ2n) is 7.36. The molecule has 0 aromatic heterocycles. The Morgan fingerprint density at radius 1 is 1.11 bits per heavy atom. The average Bonchev–Trinajstić information content (AvgIpc) is 2.92. The lowest BCUT2D eigenvalue weighted by molar-refractivity contribution is -0.123. The minimum Gasteiger partial charge on any atom is -0.496 e. The SMILES string of the molecule is COc1cc(C)c(/C=C2\SC(=O)N(Cc3ccc(C)cc3)C2=O)cc1C(C)C. The molecule has 1 heterocycles. The molecule has 1 aliphatic heterocycles. The van der Waals surface area contributed by atoms with Gasteiger partial charge in [0, 0.05) is 0 Å². The van der Waals surface area contributed by atoms with Crippen LogP contribution >= 0.6 is 11.8 Å². The Labute approximate surface area is 170 Å². The van der Waals surface area contributed by atoms with Crippen LogP contribution in [0.2, 0.25) is 0 Å². The zero-order valence-electron chi connectivity index (χ0n) is 16.9. The highest BCUT2D eigenvalue weighted by Crippen LogP contribution is 2.36. The summed E-state index contributed by atoms with van der Waals surface area (Å²) < 4.78 is 5.49. The highest BCUT2D eigenvalue weighted by atomic mass is 32.2. The molecule has 146 valence electrons. The predicted octanol–water partition coefficient (Wildman–Crippen LogP) is 5.67. The Balaban J connectivity index is 1.89. The molecule has 0 N–H and O–H groups in total. The number of amides is 2. The molecule has 2 amide bonds. The molecule has 1 saturated heterocycles. The highest BCUT2D eigenvalue weighted by Gasteiger charge is 2.35. The molecule has 28 heavy (non-hydrogen) atoms. The number of hydrogen-bond donors (Lipinski definition) is 0. The van der Waals surface area contributed by atoms with Crippen molar-refractivity contribution < 1.29 is 14.3 Å². The number of rotatable bonds is 5. The first kappa shape index (κ1) is 20.2. The van der Waals surface area contributed by atoms with E-state index in [-0.39, 0.29) is 11.1 Å². The fourth-order valence-corrected chi connectivity index (χ4v) is 3.98. The van der Waals surface area contributed by atoms with E-state index >= 15 is 0 Å². The van der Waals surface area contributed by atoms with Gasteiger partial charge in [0.25, 0.3) is 11.1 Å². The van der Waals surface area contributed by atoms with E-state index in [0.29, 0.717) is 17.4 Å². The number of carbonyl (C=O) groups is 2. The first-order valence-electron chi connectivity index (χ1n) is 9.29. The number of aryl methyl sites for hydroxylation is 2. The fraction of sp³-hybridized carbons (Fsp3) is 0.304. The summed E-state index contributed by atoms with van der Waals surface area (Å²) in [6.07, 6.45) is 1.82. The number of thioether (sulfide) groups is 1. The number of hydrogen-bond acceptors (Lipinski definition) is 4. The summed E-state index contributed by atoms with van der Waals surface area (Å²) in [5.41, 5.74) is 5.11. The van der Waals surface area contributed by atoms with Crippen LogP contribution in [0.1, 0.15) is 47.6 Å². The van der Waals surface area contributed by atoms with Crippen LogP contribution in [0, 0.1) is 13.8 Å². The minimum atomic E-state index is -0.239. The molecule has 3 rings (SSSR count). The van der Waals surface area contributed by atoms with Crippen LogP contribution < -0.4 is 4.74 Å². The lowest BCUT2D eigenvalue weighted by atomic mass is 9.96. The predicted molar refractivity (Wildman–Crippen MR) is 115 cm³/mol. The van der Waals surface area contributed by atoms with Crippen LogP contribution in [0.25, 0.3) is 6.08 Å². The Kier molecular flexibility index (Phi) is 5.94. The highest BCUT2D eigenvalue weighted by molar-refractivity contribution is 8.18. The molecular formula is C23H25NO3S. The van der Waals surface area contributed by atoms with Crippen molar-refractivity contribution in [2.75, 3.05) is 7.11 Å². The molecule has 5 heteroatoms. The van der Waals surface area contributed by atoms with E-state index < -0.39 is 0 Å². The minimum absolute atomic E-state index is 0.230. The summed E-state index contributed by atoms with van der Waals surface area (Å²) in [6, 6.07) is 11.9. The maximum atomic E-state index is 12.8. The van der Waals surface area contributed by atoms with Crippen molar-refractivity contribution in [3.05, 3.63) is 69.1 Å². The third-order valence-corrected chi connectivity index (χ3v) is 5.77. The molecule has 4 nitrogen and oxygen atoms in total. The zero-order chi connectivity index (χ0) is 20.4. The van der Waals surface area contributed by atoms with Gasteiger partial charge in [-0.05, 0) is 72.0 Å². The number of methoxy groups -OCH3 is 1. The van der Waals surface area contributed by atoms with E-state index in [2.05, 4.69) is 13.8 Å². The van der Waals surface area contributed by atoms with E-state index in [1.807, 2.05) is 56.3 Å². The van der Waals surface area contributed by atoms with Crippen LogP contribution in [-0.4, -0.2) is 23.2 Å². The molecule has 0 radical (unpaired) electrons. The molecule has 2 aromatic carbocycles. The lowest BCUT2D eigenvalue weighted by Crippen LogP contribution is -2.27. The lowest BCUT2D eigenvalue weighted by Gasteiger charge is -2.15. The number of ether oxygens (including phenoxy) is 1. The molecule has 0 spiro atoms. The largest absolute Gasteiger partial charge is 0.496 e. The molecule has 1 fully saturated rings. The van der Waals surface area contributed by atoms with Crippen molar-refractivity contribution in [3.8, 4) is 5.75 Å². The van der Waals surface area contributed by atoms with Crippen LogP contribution in [0.5, 0.6) is 5.75 Å². The van der Waals surface area contributed by atoms with Gasteiger partial charge in [-0.1, -0.05) is 43.7 Å². The molecule has 1 aliphatic rings. The summed E-state index contributed by atoms with van der Waals surface area (Å²) >= 11 is 0.999. The Hall–Kier alpha value is -2.53. The average molecular weight is 396 g/mol. The third kappa shape index (κ3) is 4.14. The van der Waals surface area contributed by atoms with Crippen LogP contribution in [0.4, 0.5) is 4.79 Å². The van der Waals surface area contributed by atoms with Crippen LogP contribution in [-0.2, 0) is 11.3 Å². The summed E-state index contributed by atoms with van der Waals surface area (Å²) in [5, 5.41) is -0.230. The van der Waals surface area contributed by atoms with E-state index in [0.717, 1.165) is 45.3 Å². The molecule has 0 aliphatic carbocycles. The van der Waals surface area contributed by atoms with E-state index in [4.69, 9.17) is 4.74 Å². The monoisotopic (exact) mass is 395 g/mol. The summed E-state index contributed by atoms with van der Waals surface area (Å²) in [4.78, 5) is 27.0. The van der Waals surface area contributed by atoms with Crippen molar-refractivity contribution in [1.82, 2.24) is 4.90 Å². The maximum absolute atomic E-state index is 12.8. The molecule has 0 saturated carbocycles. The topological polar surface area (TPSA) is 46.6 Å². The first-order chi connectivity index (χ1) is 13.3. The fourth-order valence-electron chi connectivity index (χ4n) is 3.15. The quantitative estimate of drug-likeness (QED) is 0.612. The van der Waals surface area contributed by atoms with Crippen molar-refractivity contribution in [2.45, 2.75) is 40.2 Å². The maximum Gasteiger partial charge on any atom is 0.293 e. The Bertz CT molecular complexity index is 945. The van der Waals surface area contributed by atoms with Crippen molar-refractivity contribution in [3.63, 3.8) is 0 Å². The molecular weight excluding hydrogens is 370 g/mol. The molecule has 0 bridgehead atoms. The van der Waals surface area contributed by atoms with Crippen molar-refractivity contribution >= 4 is 29.0 Å². The number of benzene rings is 2. The number of carbonyl (C=O) groups excluding carboxylic acids is 2. The summed E-state index contributed by atoms with van der Waals surface area (Å²) in [5.74, 6) is 0.897. The molecule has 2 aromatic rings. The van der Waals surface area contributed by atoms with Gasteiger partial charge in [-0.2, -0.15) is 0 Å². The smallest absolute Gasteiger partial charge is 0.293 e. The number of nitrogens with zero attached hydrogens (tertiary/aromatic N) is 1. The number of imide groups is 1. The van der Waals surface area contributed by atoms with Gasteiger partial charge in [0.2, 0.25) is 0 Å². The zero-order valence-corrected chi connectivity index (χ0v) is 17.7.